The Balaban J connectivity index is 1.67. The van der Waals surface area contributed by atoms with E-state index >= 15 is 0 Å². The molecule has 2 aromatic rings. The predicted molar refractivity (Wildman–Crippen MR) is 105 cm³/mol. The van der Waals surface area contributed by atoms with Gasteiger partial charge < -0.3 is 0 Å². The average molecular weight is 359 g/mol. The fourth-order valence-electron chi connectivity index (χ4n) is 3.30. The Morgan fingerprint density at radius 3 is 2.64 bits per heavy atom. The lowest BCUT2D eigenvalue weighted by Crippen LogP contribution is -2.42. The maximum absolute atomic E-state index is 4.52. The molecule has 1 aliphatic rings. The second-order valence-corrected chi connectivity index (χ2v) is 9.16. The van der Waals surface area contributed by atoms with Crippen LogP contribution in [-0.2, 0) is 13.1 Å². The first kappa shape index (κ1) is 18.5. The fraction of sp³-hybridized carbons (Fsp3) is 0.550. The molecule has 0 saturated carbocycles. The van der Waals surface area contributed by atoms with Gasteiger partial charge in [0.15, 0.2) is 0 Å². The van der Waals surface area contributed by atoms with Gasteiger partial charge in [-0.1, -0.05) is 26.8 Å². The van der Waals surface area contributed by atoms with Crippen LogP contribution in [0.5, 0.6) is 0 Å². The number of rotatable bonds is 6. The van der Waals surface area contributed by atoms with Crippen molar-refractivity contribution in [1.82, 2.24) is 20.7 Å². The first-order valence-electron chi connectivity index (χ1n) is 9.08. The summed E-state index contributed by atoms with van der Waals surface area (Å²) >= 11 is 1.85. The highest BCUT2D eigenvalue weighted by Crippen LogP contribution is 2.26. The summed E-state index contributed by atoms with van der Waals surface area (Å²) in [6, 6.07) is 9.36. The van der Waals surface area contributed by atoms with Crippen molar-refractivity contribution in [1.29, 1.82) is 0 Å². The van der Waals surface area contributed by atoms with Crippen molar-refractivity contribution in [3.05, 3.63) is 52.0 Å². The van der Waals surface area contributed by atoms with Crippen LogP contribution < -0.4 is 10.9 Å². The molecule has 5 heteroatoms. The van der Waals surface area contributed by atoms with Crippen LogP contribution in [-0.4, -0.2) is 28.5 Å². The third-order valence-electron chi connectivity index (χ3n) is 4.95. The molecular formula is C20H30N4S. The van der Waals surface area contributed by atoms with Crippen molar-refractivity contribution in [3.63, 3.8) is 0 Å². The van der Waals surface area contributed by atoms with Crippen LogP contribution in [0.1, 0.15) is 43.3 Å². The van der Waals surface area contributed by atoms with Gasteiger partial charge in [-0.25, -0.2) is 0 Å². The van der Waals surface area contributed by atoms with Crippen molar-refractivity contribution in [2.45, 2.75) is 59.3 Å². The van der Waals surface area contributed by atoms with Gasteiger partial charge in [-0.15, -0.1) is 11.3 Å². The molecule has 4 nitrogen and oxygen atoms in total. The number of aryl methyl sites for hydroxylation is 1. The molecular weight excluding hydrogens is 328 g/mol. The van der Waals surface area contributed by atoms with E-state index in [1.54, 1.807) is 0 Å². The zero-order valence-electron chi connectivity index (χ0n) is 15.7. The third kappa shape index (κ3) is 5.11. The van der Waals surface area contributed by atoms with E-state index in [2.05, 4.69) is 72.0 Å². The summed E-state index contributed by atoms with van der Waals surface area (Å²) in [7, 11) is 0. The minimum Gasteiger partial charge on any atom is -0.291 e. The highest BCUT2D eigenvalue weighted by atomic mass is 32.1. The summed E-state index contributed by atoms with van der Waals surface area (Å²) in [5.41, 5.74) is 9.81. The quantitative estimate of drug-likeness (QED) is 0.825. The van der Waals surface area contributed by atoms with E-state index in [4.69, 9.17) is 0 Å². The normalized spacial score (nSPS) is 21.2. The largest absolute Gasteiger partial charge is 0.291 e. The zero-order valence-corrected chi connectivity index (χ0v) is 16.6. The number of hydrazine groups is 1. The molecule has 25 heavy (non-hydrogen) atoms. The van der Waals surface area contributed by atoms with Crippen molar-refractivity contribution in [2.24, 2.45) is 5.41 Å². The summed E-state index contributed by atoms with van der Waals surface area (Å²) in [5, 5.41) is 2.19. The molecule has 136 valence electrons. The summed E-state index contributed by atoms with van der Waals surface area (Å²) in [6.45, 7) is 12.0. The van der Waals surface area contributed by atoms with Crippen LogP contribution >= 0.6 is 11.3 Å². The van der Waals surface area contributed by atoms with Crippen molar-refractivity contribution >= 4 is 11.3 Å². The Bertz CT molecular complexity index is 662. The number of nitrogens with one attached hydrogen (secondary N) is 2. The number of nitrogens with zero attached hydrogens (tertiary/aromatic N) is 2. The average Bonchev–Trinajstić information content (AvgIpc) is 3.18. The smallest absolute Gasteiger partial charge is 0.0544 e. The molecule has 0 aromatic carbocycles. The molecule has 0 bridgehead atoms. The summed E-state index contributed by atoms with van der Waals surface area (Å²) < 4.78 is 0. The molecule has 2 N–H and O–H groups in total. The second-order valence-electron chi connectivity index (χ2n) is 8.16. The molecule has 1 fully saturated rings. The van der Waals surface area contributed by atoms with Gasteiger partial charge in [0, 0.05) is 42.8 Å². The molecule has 0 aliphatic carbocycles. The number of hydrogen-bond donors (Lipinski definition) is 2. The van der Waals surface area contributed by atoms with E-state index in [9.17, 15) is 0 Å². The highest BCUT2D eigenvalue weighted by Gasteiger charge is 2.33. The number of pyridine rings is 1. The fourth-order valence-corrected chi connectivity index (χ4v) is 4.25. The summed E-state index contributed by atoms with van der Waals surface area (Å²) in [6.07, 6.45) is 3.04. The van der Waals surface area contributed by atoms with Gasteiger partial charge in [0.1, 0.15) is 0 Å². The minimum absolute atomic E-state index is 0.276. The van der Waals surface area contributed by atoms with Gasteiger partial charge in [-0.05, 0) is 47.9 Å². The van der Waals surface area contributed by atoms with E-state index in [1.807, 2.05) is 23.6 Å². The van der Waals surface area contributed by atoms with Gasteiger partial charge in [-0.3, -0.25) is 20.7 Å². The van der Waals surface area contributed by atoms with Crippen LogP contribution in [0.2, 0.25) is 0 Å². The lowest BCUT2D eigenvalue weighted by Gasteiger charge is -2.27. The Hall–Kier alpha value is -1.27. The van der Waals surface area contributed by atoms with Gasteiger partial charge in [0.05, 0.1) is 5.69 Å². The first-order chi connectivity index (χ1) is 11.9. The maximum atomic E-state index is 4.52. The second kappa shape index (κ2) is 7.96. The number of hydrogen-bond acceptors (Lipinski definition) is 5. The van der Waals surface area contributed by atoms with Crippen LogP contribution in [0, 0.1) is 12.3 Å². The molecule has 0 radical (unpaired) electrons. The van der Waals surface area contributed by atoms with Gasteiger partial charge >= 0.3 is 0 Å². The van der Waals surface area contributed by atoms with Crippen molar-refractivity contribution < 1.29 is 0 Å². The van der Waals surface area contributed by atoms with E-state index < -0.39 is 0 Å². The topological polar surface area (TPSA) is 40.2 Å². The van der Waals surface area contributed by atoms with Crippen LogP contribution in [0.3, 0.4) is 0 Å². The van der Waals surface area contributed by atoms with Crippen molar-refractivity contribution in [2.75, 3.05) is 6.54 Å². The number of aromatic nitrogens is 1. The van der Waals surface area contributed by atoms with Gasteiger partial charge in [0.25, 0.3) is 0 Å². The van der Waals surface area contributed by atoms with Crippen LogP contribution in [0.15, 0.2) is 35.8 Å². The molecule has 3 rings (SSSR count). The Labute approximate surface area is 155 Å². The van der Waals surface area contributed by atoms with E-state index in [-0.39, 0.29) is 5.41 Å². The maximum Gasteiger partial charge on any atom is 0.0544 e. The molecule has 2 unspecified atom stereocenters. The monoisotopic (exact) mass is 358 g/mol. The lowest BCUT2D eigenvalue weighted by molar-refractivity contribution is 0.227. The lowest BCUT2D eigenvalue weighted by atomic mass is 9.84. The Morgan fingerprint density at radius 1 is 1.20 bits per heavy atom. The summed E-state index contributed by atoms with van der Waals surface area (Å²) in [4.78, 5) is 8.50. The highest BCUT2D eigenvalue weighted by molar-refractivity contribution is 7.10. The molecule has 2 atom stereocenters. The molecule has 2 aromatic heterocycles. The molecule has 3 heterocycles. The SMILES string of the molecule is Cc1ccsc1CN(Cc1ccccn1)CC1CC(C(C)(C)C)NN1. The third-order valence-corrected chi connectivity index (χ3v) is 5.96. The van der Waals surface area contributed by atoms with Gasteiger partial charge in [-0.2, -0.15) is 0 Å². The number of thiophene rings is 1. The predicted octanol–water partition coefficient (Wildman–Crippen LogP) is 3.73. The first-order valence-corrected chi connectivity index (χ1v) is 9.96. The summed E-state index contributed by atoms with van der Waals surface area (Å²) in [5.74, 6) is 0. The van der Waals surface area contributed by atoms with E-state index in [1.165, 1.54) is 10.4 Å². The van der Waals surface area contributed by atoms with Crippen molar-refractivity contribution in [3.8, 4) is 0 Å². The van der Waals surface area contributed by atoms with E-state index in [0.29, 0.717) is 12.1 Å². The van der Waals surface area contributed by atoms with Crippen LogP contribution in [0.4, 0.5) is 0 Å². The van der Waals surface area contributed by atoms with E-state index in [0.717, 1.165) is 31.7 Å². The minimum atomic E-state index is 0.276. The molecule has 0 amide bonds. The molecule has 1 saturated heterocycles. The molecule has 1 aliphatic heterocycles. The standard InChI is InChI=1S/C20H30N4S/c1-15-8-10-25-18(15)14-24(12-16-7-5-6-9-21-16)13-17-11-19(23-22-17)20(2,3)4/h5-10,17,19,22-23H,11-14H2,1-4H3. The Morgan fingerprint density at radius 2 is 2.04 bits per heavy atom. The van der Waals surface area contributed by atoms with Crippen LogP contribution in [0.25, 0.3) is 0 Å². The molecule has 0 spiro atoms. The van der Waals surface area contributed by atoms with Gasteiger partial charge in [0.2, 0.25) is 0 Å². The Kier molecular flexibility index (Phi) is 5.89. The zero-order chi connectivity index (χ0) is 17.9.